The van der Waals surface area contributed by atoms with E-state index in [1.54, 1.807) is 0 Å². The molecule has 9 aromatic carbocycles. The van der Waals surface area contributed by atoms with Crippen LogP contribution in [0.3, 0.4) is 0 Å². The van der Waals surface area contributed by atoms with E-state index < -0.39 is 0 Å². The van der Waals surface area contributed by atoms with Gasteiger partial charge < -0.3 is 4.57 Å². The van der Waals surface area contributed by atoms with Crippen LogP contribution in [-0.2, 0) is 0 Å². The van der Waals surface area contributed by atoms with Crippen LogP contribution in [0.2, 0.25) is 0 Å². The van der Waals surface area contributed by atoms with Gasteiger partial charge in [-0.25, -0.2) is 0 Å². The highest BCUT2D eigenvalue weighted by Crippen LogP contribution is 2.58. The third-order valence-corrected chi connectivity index (χ3v) is 11.8. The first-order valence-electron chi connectivity index (χ1n) is 19.0. The minimum absolute atomic E-state index is 1.11. The molecule has 0 radical (unpaired) electrons. The Labute approximate surface area is 318 Å². The van der Waals surface area contributed by atoms with E-state index in [0.29, 0.717) is 0 Å². The second-order valence-corrected chi connectivity index (χ2v) is 14.7. The van der Waals surface area contributed by atoms with Crippen LogP contribution in [0, 0.1) is 0 Å². The van der Waals surface area contributed by atoms with E-state index in [1.165, 1.54) is 104 Å². The molecule has 2 heterocycles. The second-order valence-electron chi connectivity index (χ2n) is 14.7. The number of hydrogen-bond donors (Lipinski definition) is 0. The normalized spacial score (nSPS) is 12.0. The number of rotatable bonds is 4. The molecule has 0 saturated carbocycles. The number of benzene rings is 9. The molecular weight excluding hydrogens is 665 g/mol. The summed E-state index contributed by atoms with van der Waals surface area (Å²) in [7, 11) is 0. The molecule has 0 amide bonds. The van der Waals surface area contributed by atoms with Crippen LogP contribution in [0.15, 0.2) is 194 Å². The Balaban J connectivity index is 1.08. The smallest absolute Gasteiger partial charge is 0.0724 e. The van der Waals surface area contributed by atoms with Gasteiger partial charge in [0.05, 0.1) is 17.2 Å². The largest absolute Gasteiger partial charge is 0.308 e. The predicted molar refractivity (Wildman–Crippen MR) is 232 cm³/mol. The summed E-state index contributed by atoms with van der Waals surface area (Å²) in [6.45, 7) is 0. The third kappa shape index (κ3) is 4.34. The maximum absolute atomic E-state index is 4.55. The van der Waals surface area contributed by atoms with Crippen molar-refractivity contribution in [1.29, 1.82) is 0 Å². The minimum Gasteiger partial charge on any atom is -0.308 e. The summed E-state index contributed by atoms with van der Waals surface area (Å²) < 4.78 is 2.36. The summed E-state index contributed by atoms with van der Waals surface area (Å²) in [5.74, 6) is 0. The highest BCUT2D eigenvalue weighted by molar-refractivity contribution is 6.28. The Bertz CT molecular complexity index is 3250. The van der Waals surface area contributed by atoms with E-state index in [9.17, 15) is 0 Å². The summed E-state index contributed by atoms with van der Waals surface area (Å²) in [5, 5.41) is 10.1. The lowest BCUT2D eigenvalue weighted by molar-refractivity contribution is 1.17. The van der Waals surface area contributed by atoms with Gasteiger partial charge in [0.2, 0.25) is 0 Å². The molecule has 2 aromatic heterocycles. The molecule has 0 fully saturated rings. The van der Waals surface area contributed by atoms with Crippen LogP contribution in [0.4, 0.5) is 0 Å². The summed E-state index contributed by atoms with van der Waals surface area (Å²) >= 11 is 0. The molecule has 2 heteroatoms. The average molecular weight is 697 g/mol. The predicted octanol–water partition coefficient (Wildman–Crippen LogP) is 14.3. The summed E-state index contributed by atoms with van der Waals surface area (Å²) in [6, 6.07) is 66.9. The fraction of sp³-hybridized carbons (Fsp3) is 0. The second kappa shape index (κ2) is 11.6. The molecule has 11 aromatic rings. The van der Waals surface area contributed by atoms with Crippen molar-refractivity contribution in [3.63, 3.8) is 0 Å². The Hall–Kier alpha value is -7.29. The molecule has 1 aliphatic rings. The zero-order chi connectivity index (χ0) is 36.0. The van der Waals surface area contributed by atoms with Gasteiger partial charge in [-0.2, -0.15) is 0 Å². The first-order valence-corrected chi connectivity index (χ1v) is 19.0. The van der Waals surface area contributed by atoms with Crippen LogP contribution in [0.25, 0.3) is 115 Å². The van der Waals surface area contributed by atoms with Crippen molar-refractivity contribution in [3.8, 4) is 61.3 Å². The van der Waals surface area contributed by atoms with E-state index in [-0.39, 0.29) is 0 Å². The van der Waals surface area contributed by atoms with E-state index >= 15 is 0 Å². The molecule has 12 rings (SSSR count). The van der Waals surface area contributed by atoms with Crippen molar-refractivity contribution >= 4 is 54.1 Å². The fourth-order valence-electron chi connectivity index (χ4n) is 9.48. The maximum atomic E-state index is 4.55. The lowest BCUT2D eigenvalue weighted by atomic mass is 9.82. The van der Waals surface area contributed by atoms with Crippen molar-refractivity contribution in [2.45, 2.75) is 0 Å². The number of hydrogen-bond acceptors (Lipinski definition) is 1. The minimum atomic E-state index is 1.11. The van der Waals surface area contributed by atoms with Crippen molar-refractivity contribution < 1.29 is 0 Å². The standard InChI is InChI=1S/C53H32N2/c1-3-12-34(13-4-1)49-42-18-9-10-19-43(42)50(35-14-5-2-6-15-35)53-45-27-26-39(41-20-11-21-44(51(41)45)52(49)53)33-22-24-38(25-23-33)55-47-31-37-17-8-7-16-36(37)30-46(47)40-28-29-54-32-48(40)55/h1-32H. The topological polar surface area (TPSA) is 17.8 Å². The van der Waals surface area contributed by atoms with Crippen LogP contribution in [-0.4, -0.2) is 9.55 Å². The Morgan fingerprint density at radius 2 is 0.927 bits per heavy atom. The van der Waals surface area contributed by atoms with E-state index in [4.69, 9.17) is 0 Å². The molecule has 0 spiro atoms. The van der Waals surface area contributed by atoms with E-state index in [2.05, 4.69) is 192 Å². The first-order chi connectivity index (χ1) is 27.3. The van der Waals surface area contributed by atoms with Gasteiger partial charge in [-0.1, -0.05) is 152 Å². The lowest BCUT2D eigenvalue weighted by Crippen LogP contribution is -1.94. The van der Waals surface area contributed by atoms with Gasteiger partial charge in [0, 0.05) is 22.7 Å². The van der Waals surface area contributed by atoms with Gasteiger partial charge in [0.1, 0.15) is 0 Å². The number of nitrogens with zero attached hydrogens (tertiary/aromatic N) is 2. The monoisotopic (exact) mass is 696 g/mol. The molecule has 254 valence electrons. The van der Waals surface area contributed by atoms with Gasteiger partial charge in [0.25, 0.3) is 0 Å². The van der Waals surface area contributed by atoms with Gasteiger partial charge in [-0.3, -0.25) is 4.98 Å². The third-order valence-electron chi connectivity index (χ3n) is 11.8. The molecule has 0 saturated heterocycles. The molecule has 0 bridgehead atoms. The number of pyridine rings is 1. The zero-order valence-corrected chi connectivity index (χ0v) is 29.9. The van der Waals surface area contributed by atoms with Crippen LogP contribution >= 0.6 is 0 Å². The maximum Gasteiger partial charge on any atom is 0.0724 e. The summed E-state index contributed by atoms with van der Waals surface area (Å²) in [5.41, 5.74) is 16.2. The van der Waals surface area contributed by atoms with E-state index in [0.717, 1.165) is 11.2 Å². The SMILES string of the molecule is c1ccc(-c2c3c(c(-c4ccccc4)c4ccccc24)-c2ccc(-c4ccc(-n5c6cnccc6c6cc7ccccc7cc65)cc4)c4cccc-3c24)cc1. The van der Waals surface area contributed by atoms with Gasteiger partial charge in [-0.05, 0) is 118 Å². The number of aromatic nitrogens is 2. The summed E-state index contributed by atoms with van der Waals surface area (Å²) in [6.07, 6.45) is 3.89. The molecule has 0 unspecified atom stereocenters. The van der Waals surface area contributed by atoms with E-state index in [1.807, 2.05) is 12.4 Å². The highest BCUT2D eigenvalue weighted by Gasteiger charge is 2.31. The van der Waals surface area contributed by atoms with Crippen molar-refractivity contribution in [1.82, 2.24) is 9.55 Å². The molecule has 2 nitrogen and oxygen atoms in total. The van der Waals surface area contributed by atoms with Crippen LogP contribution < -0.4 is 0 Å². The first kappa shape index (κ1) is 30.2. The van der Waals surface area contributed by atoms with Crippen molar-refractivity contribution in [2.75, 3.05) is 0 Å². The Kier molecular flexibility index (Phi) is 6.37. The average Bonchev–Trinajstić information content (AvgIpc) is 3.76. The van der Waals surface area contributed by atoms with Crippen molar-refractivity contribution in [2.24, 2.45) is 0 Å². The molecular formula is C53H32N2. The zero-order valence-electron chi connectivity index (χ0n) is 29.9. The number of fused-ring (bicyclic) bond motifs is 8. The molecule has 0 aliphatic heterocycles. The fourth-order valence-corrected chi connectivity index (χ4v) is 9.48. The molecule has 1 aliphatic carbocycles. The Morgan fingerprint density at radius 1 is 0.345 bits per heavy atom. The highest BCUT2D eigenvalue weighted by atomic mass is 15.0. The van der Waals surface area contributed by atoms with Crippen LogP contribution in [0.5, 0.6) is 0 Å². The summed E-state index contributed by atoms with van der Waals surface area (Å²) in [4.78, 5) is 4.55. The molecule has 0 atom stereocenters. The lowest BCUT2D eigenvalue weighted by Gasteiger charge is -2.20. The quantitative estimate of drug-likeness (QED) is 0.179. The molecule has 55 heavy (non-hydrogen) atoms. The van der Waals surface area contributed by atoms with Crippen molar-refractivity contribution in [3.05, 3.63) is 194 Å². The van der Waals surface area contributed by atoms with Gasteiger partial charge >= 0.3 is 0 Å². The molecule has 0 N–H and O–H groups in total. The van der Waals surface area contributed by atoms with Gasteiger partial charge in [-0.15, -0.1) is 0 Å². The van der Waals surface area contributed by atoms with Gasteiger partial charge in [0.15, 0.2) is 0 Å². The van der Waals surface area contributed by atoms with Crippen LogP contribution in [0.1, 0.15) is 0 Å². The Morgan fingerprint density at radius 3 is 1.62 bits per heavy atom.